The molecule has 0 aromatic heterocycles. The molecule has 0 bridgehead atoms. The Labute approximate surface area is 139 Å². The van der Waals surface area contributed by atoms with Crippen molar-refractivity contribution < 1.29 is 18.7 Å². The van der Waals surface area contributed by atoms with Crippen molar-refractivity contribution in [3.63, 3.8) is 0 Å². The standard InChI is InChI=1S/C15H10BrClFNO3/c16-10-2-4-11(5-3-10)19-14(20)8-22-15(21)9-1-6-13(18)12(17)7-9/h1-7H,8H2,(H,19,20). The van der Waals surface area contributed by atoms with E-state index in [1.807, 2.05) is 0 Å². The zero-order chi connectivity index (χ0) is 16.1. The van der Waals surface area contributed by atoms with Gasteiger partial charge in [0.1, 0.15) is 5.82 Å². The van der Waals surface area contributed by atoms with E-state index in [9.17, 15) is 14.0 Å². The molecule has 0 spiro atoms. The molecule has 7 heteroatoms. The van der Waals surface area contributed by atoms with Crippen LogP contribution in [0.2, 0.25) is 5.02 Å². The van der Waals surface area contributed by atoms with Gasteiger partial charge in [-0.1, -0.05) is 27.5 Å². The number of esters is 1. The van der Waals surface area contributed by atoms with E-state index in [0.717, 1.165) is 16.6 Å². The maximum atomic E-state index is 13.0. The highest BCUT2D eigenvalue weighted by atomic mass is 79.9. The molecule has 2 aromatic rings. The molecule has 114 valence electrons. The first kappa shape index (κ1) is 16.5. The predicted molar refractivity (Wildman–Crippen MR) is 84.5 cm³/mol. The average Bonchev–Trinajstić information content (AvgIpc) is 2.50. The second kappa shape index (κ2) is 7.38. The first-order chi connectivity index (χ1) is 10.5. The van der Waals surface area contributed by atoms with Crippen molar-refractivity contribution in [1.29, 1.82) is 0 Å². The summed E-state index contributed by atoms with van der Waals surface area (Å²) in [7, 11) is 0. The molecule has 0 aliphatic heterocycles. The Bertz CT molecular complexity index is 706. The van der Waals surface area contributed by atoms with Crippen molar-refractivity contribution in [3.05, 3.63) is 63.3 Å². The summed E-state index contributed by atoms with van der Waals surface area (Å²) in [4.78, 5) is 23.4. The number of carbonyl (C=O) groups is 2. The number of halogens is 3. The fourth-order valence-electron chi connectivity index (χ4n) is 1.57. The van der Waals surface area contributed by atoms with Gasteiger partial charge in [-0.05, 0) is 42.5 Å². The van der Waals surface area contributed by atoms with Gasteiger partial charge in [-0.25, -0.2) is 9.18 Å². The lowest BCUT2D eigenvalue weighted by molar-refractivity contribution is -0.119. The van der Waals surface area contributed by atoms with Crippen molar-refractivity contribution in [1.82, 2.24) is 0 Å². The normalized spacial score (nSPS) is 10.1. The van der Waals surface area contributed by atoms with Crippen LogP contribution in [-0.4, -0.2) is 18.5 Å². The minimum atomic E-state index is -0.757. The van der Waals surface area contributed by atoms with Crippen molar-refractivity contribution in [2.75, 3.05) is 11.9 Å². The number of nitrogens with one attached hydrogen (secondary N) is 1. The number of carbonyl (C=O) groups excluding carboxylic acids is 2. The number of hydrogen-bond donors (Lipinski definition) is 1. The Morgan fingerprint density at radius 3 is 2.50 bits per heavy atom. The first-order valence-electron chi connectivity index (χ1n) is 6.13. The van der Waals surface area contributed by atoms with Gasteiger partial charge in [-0.3, -0.25) is 4.79 Å². The fraction of sp³-hybridized carbons (Fsp3) is 0.0667. The van der Waals surface area contributed by atoms with Gasteiger partial charge in [0.25, 0.3) is 5.91 Å². The van der Waals surface area contributed by atoms with Crippen LogP contribution < -0.4 is 5.32 Å². The molecule has 1 N–H and O–H groups in total. The summed E-state index contributed by atoms with van der Waals surface area (Å²) < 4.78 is 18.7. The van der Waals surface area contributed by atoms with Crippen LogP contribution in [-0.2, 0) is 9.53 Å². The molecule has 0 atom stereocenters. The van der Waals surface area contributed by atoms with Crippen LogP contribution >= 0.6 is 27.5 Å². The maximum absolute atomic E-state index is 13.0. The number of amides is 1. The van der Waals surface area contributed by atoms with Crippen molar-refractivity contribution in [3.8, 4) is 0 Å². The second-order valence-electron chi connectivity index (χ2n) is 4.26. The molecule has 2 aromatic carbocycles. The highest BCUT2D eigenvalue weighted by Gasteiger charge is 2.12. The maximum Gasteiger partial charge on any atom is 0.338 e. The van der Waals surface area contributed by atoms with Crippen LogP contribution in [0.5, 0.6) is 0 Å². The van der Waals surface area contributed by atoms with E-state index in [0.29, 0.717) is 5.69 Å². The second-order valence-corrected chi connectivity index (χ2v) is 5.58. The van der Waals surface area contributed by atoms with Gasteiger partial charge in [-0.15, -0.1) is 0 Å². The van der Waals surface area contributed by atoms with E-state index in [1.165, 1.54) is 6.07 Å². The van der Waals surface area contributed by atoms with Gasteiger partial charge in [0.2, 0.25) is 0 Å². The largest absolute Gasteiger partial charge is 0.452 e. The summed E-state index contributed by atoms with van der Waals surface area (Å²) in [6, 6.07) is 10.4. The topological polar surface area (TPSA) is 55.4 Å². The van der Waals surface area contributed by atoms with E-state index in [4.69, 9.17) is 16.3 Å². The first-order valence-corrected chi connectivity index (χ1v) is 7.30. The van der Waals surface area contributed by atoms with E-state index in [1.54, 1.807) is 24.3 Å². The van der Waals surface area contributed by atoms with Gasteiger partial charge in [-0.2, -0.15) is 0 Å². The highest BCUT2D eigenvalue weighted by molar-refractivity contribution is 9.10. The zero-order valence-electron chi connectivity index (χ0n) is 11.1. The quantitative estimate of drug-likeness (QED) is 0.807. The Morgan fingerprint density at radius 1 is 1.18 bits per heavy atom. The molecular weight excluding hydrogens is 377 g/mol. The van der Waals surface area contributed by atoms with Gasteiger partial charge in [0.15, 0.2) is 6.61 Å². The van der Waals surface area contributed by atoms with Crippen molar-refractivity contribution in [2.45, 2.75) is 0 Å². The van der Waals surface area contributed by atoms with Crippen LogP contribution in [0.4, 0.5) is 10.1 Å². The Morgan fingerprint density at radius 2 is 1.86 bits per heavy atom. The Balaban J connectivity index is 1.88. The molecular formula is C15H10BrClFNO3. The molecule has 0 saturated heterocycles. The van der Waals surface area contributed by atoms with Crippen LogP contribution in [0.1, 0.15) is 10.4 Å². The number of ether oxygens (including phenoxy) is 1. The highest BCUT2D eigenvalue weighted by Crippen LogP contribution is 2.17. The summed E-state index contributed by atoms with van der Waals surface area (Å²) in [5, 5.41) is 2.39. The van der Waals surface area contributed by atoms with E-state index < -0.39 is 24.3 Å². The monoisotopic (exact) mass is 385 g/mol. The molecule has 2 rings (SSSR count). The lowest BCUT2D eigenvalue weighted by Gasteiger charge is -2.07. The number of rotatable bonds is 4. The molecule has 0 aliphatic carbocycles. The smallest absolute Gasteiger partial charge is 0.338 e. The zero-order valence-corrected chi connectivity index (χ0v) is 13.4. The molecule has 0 heterocycles. The SMILES string of the molecule is O=C(COC(=O)c1ccc(F)c(Cl)c1)Nc1ccc(Br)cc1. The third-order valence-corrected chi connectivity index (χ3v) is 3.44. The fourth-order valence-corrected chi connectivity index (χ4v) is 2.01. The van der Waals surface area contributed by atoms with Crippen LogP contribution in [0.15, 0.2) is 46.9 Å². The van der Waals surface area contributed by atoms with E-state index in [-0.39, 0.29) is 10.6 Å². The Kier molecular flexibility index (Phi) is 5.51. The van der Waals surface area contributed by atoms with Gasteiger partial charge in [0, 0.05) is 10.2 Å². The molecule has 0 fully saturated rings. The predicted octanol–water partition coefficient (Wildman–Crippen LogP) is 4.04. The minimum absolute atomic E-state index is 0.0721. The summed E-state index contributed by atoms with van der Waals surface area (Å²) in [6.45, 7) is -0.454. The molecule has 0 saturated carbocycles. The Hall–Kier alpha value is -1.92. The van der Waals surface area contributed by atoms with E-state index >= 15 is 0 Å². The van der Waals surface area contributed by atoms with Gasteiger partial charge in [0.05, 0.1) is 10.6 Å². The number of anilines is 1. The minimum Gasteiger partial charge on any atom is -0.452 e. The molecule has 1 amide bonds. The summed E-state index contributed by atoms with van der Waals surface area (Å²) in [5.74, 6) is -1.87. The van der Waals surface area contributed by atoms with Gasteiger partial charge >= 0.3 is 5.97 Å². The average molecular weight is 387 g/mol. The summed E-state index contributed by atoms with van der Waals surface area (Å²) in [5.41, 5.74) is 0.650. The molecule has 0 radical (unpaired) electrons. The number of hydrogen-bond acceptors (Lipinski definition) is 3. The van der Waals surface area contributed by atoms with E-state index in [2.05, 4.69) is 21.2 Å². The molecule has 4 nitrogen and oxygen atoms in total. The third-order valence-electron chi connectivity index (χ3n) is 2.62. The summed E-state index contributed by atoms with van der Waals surface area (Å²) in [6.07, 6.45) is 0. The lowest BCUT2D eigenvalue weighted by Crippen LogP contribution is -2.20. The molecule has 22 heavy (non-hydrogen) atoms. The molecule has 0 unspecified atom stereocenters. The van der Waals surface area contributed by atoms with Gasteiger partial charge < -0.3 is 10.1 Å². The van der Waals surface area contributed by atoms with Crippen molar-refractivity contribution in [2.24, 2.45) is 0 Å². The van der Waals surface area contributed by atoms with Crippen LogP contribution in [0.25, 0.3) is 0 Å². The molecule has 0 aliphatic rings. The third kappa shape index (κ3) is 4.54. The van der Waals surface area contributed by atoms with Crippen LogP contribution in [0, 0.1) is 5.82 Å². The lowest BCUT2D eigenvalue weighted by atomic mass is 10.2. The number of benzene rings is 2. The van der Waals surface area contributed by atoms with Crippen LogP contribution in [0.3, 0.4) is 0 Å². The summed E-state index contributed by atoms with van der Waals surface area (Å²) >= 11 is 8.85. The van der Waals surface area contributed by atoms with Crippen molar-refractivity contribution >= 4 is 45.1 Å².